The van der Waals surface area contributed by atoms with Crippen LogP contribution in [-0.2, 0) is 11.2 Å². The van der Waals surface area contributed by atoms with Crippen LogP contribution in [0.15, 0.2) is 71.2 Å². The zero-order valence-corrected chi connectivity index (χ0v) is 21.6. The van der Waals surface area contributed by atoms with E-state index >= 15 is 0 Å². The van der Waals surface area contributed by atoms with E-state index in [0.29, 0.717) is 47.3 Å². The van der Waals surface area contributed by atoms with Crippen LogP contribution in [0.25, 0.3) is 11.1 Å². The van der Waals surface area contributed by atoms with Crippen molar-refractivity contribution >= 4 is 17.5 Å². The third kappa shape index (κ3) is 3.97. The maximum Gasteiger partial charge on any atom is 0.251 e. The first kappa shape index (κ1) is 26.4. The first-order valence-corrected chi connectivity index (χ1v) is 12.8. The van der Waals surface area contributed by atoms with Gasteiger partial charge < -0.3 is 32.1 Å². The van der Waals surface area contributed by atoms with Gasteiger partial charge in [0.2, 0.25) is 0 Å². The van der Waals surface area contributed by atoms with E-state index in [1.165, 1.54) is 6.07 Å². The smallest absolute Gasteiger partial charge is 0.251 e. The molecule has 1 unspecified atom stereocenters. The zero-order chi connectivity index (χ0) is 28.2. The van der Waals surface area contributed by atoms with Gasteiger partial charge in [0.05, 0.1) is 11.1 Å². The summed E-state index contributed by atoms with van der Waals surface area (Å²) in [6.45, 7) is 5.79. The van der Waals surface area contributed by atoms with Crippen LogP contribution >= 0.6 is 0 Å². The fourth-order valence-electron chi connectivity index (χ4n) is 6.44. The largest absolute Gasteiger partial charge is 0.508 e. The number of hydrogen-bond donors (Lipinski definition) is 6. The molecule has 0 heterocycles. The number of phenols is 1. The van der Waals surface area contributed by atoms with Gasteiger partial charge >= 0.3 is 0 Å². The lowest BCUT2D eigenvalue weighted by Gasteiger charge is -2.48. The number of aliphatic hydroxyl groups is 2. The number of nitrogens with two attached hydrogens (primary N) is 2. The van der Waals surface area contributed by atoms with Gasteiger partial charge in [-0.3, -0.25) is 14.4 Å². The molecule has 3 aliphatic carbocycles. The third-order valence-corrected chi connectivity index (χ3v) is 8.25. The molecule has 8 N–H and O–H groups in total. The van der Waals surface area contributed by atoms with Crippen molar-refractivity contribution in [3.8, 4) is 16.9 Å². The Morgan fingerprint density at radius 3 is 2.62 bits per heavy atom. The molecule has 0 bridgehead atoms. The van der Waals surface area contributed by atoms with Gasteiger partial charge in [0.15, 0.2) is 11.6 Å². The van der Waals surface area contributed by atoms with Crippen molar-refractivity contribution in [2.45, 2.75) is 31.8 Å². The Labute approximate surface area is 225 Å². The van der Waals surface area contributed by atoms with Crippen LogP contribution in [0.2, 0.25) is 0 Å². The van der Waals surface area contributed by atoms with Gasteiger partial charge in [-0.1, -0.05) is 24.8 Å². The molecule has 5 rings (SSSR count). The number of ketones is 2. The topological polar surface area (TPSA) is 176 Å². The second kappa shape index (κ2) is 9.52. The van der Waals surface area contributed by atoms with E-state index in [9.17, 15) is 29.7 Å². The van der Waals surface area contributed by atoms with Gasteiger partial charge in [0, 0.05) is 42.3 Å². The normalized spacial score (nSPS) is 24.2. The summed E-state index contributed by atoms with van der Waals surface area (Å²) < 4.78 is 0. The minimum atomic E-state index is -1.94. The van der Waals surface area contributed by atoms with Crippen molar-refractivity contribution in [1.82, 2.24) is 5.32 Å². The summed E-state index contributed by atoms with van der Waals surface area (Å²) in [7, 11) is 0. The van der Waals surface area contributed by atoms with Crippen molar-refractivity contribution in [1.29, 1.82) is 0 Å². The number of fused-ring (bicyclic) bond motifs is 3. The number of nitrogens with one attached hydrogen (secondary N) is 1. The zero-order valence-electron chi connectivity index (χ0n) is 21.6. The number of rotatable bonds is 5. The molecule has 3 aliphatic rings. The second-order valence-electron chi connectivity index (χ2n) is 10.5. The Morgan fingerprint density at radius 2 is 1.92 bits per heavy atom. The molecule has 39 heavy (non-hydrogen) atoms. The predicted molar refractivity (Wildman–Crippen MR) is 145 cm³/mol. The third-order valence-electron chi connectivity index (χ3n) is 8.25. The minimum absolute atomic E-state index is 0.0544. The van der Waals surface area contributed by atoms with Crippen molar-refractivity contribution in [3.63, 3.8) is 0 Å². The SMILES string of the molecule is C=C(N)C1=C(O)[C@@]2(O)C(C)=C3C(=O)c4c(O)ccc(-c5cccc(C(=O)NCCN)c5)c4CC3C[C@H]2CC1=O. The Morgan fingerprint density at radius 1 is 1.18 bits per heavy atom. The molecule has 0 aromatic heterocycles. The summed E-state index contributed by atoms with van der Waals surface area (Å²) in [6.07, 6.45) is 0.578. The Bertz CT molecular complexity index is 1520. The lowest BCUT2D eigenvalue weighted by atomic mass is 9.58. The van der Waals surface area contributed by atoms with E-state index in [2.05, 4.69) is 11.9 Å². The van der Waals surface area contributed by atoms with E-state index in [4.69, 9.17) is 11.5 Å². The molecular weight excluding hydrogens is 498 g/mol. The van der Waals surface area contributed by atoms with Crippen molar-refractivity contribution in [2.24, 2.45) is 23.3 Å². The Hall–Kier alpha value is -4.21. The van der Waals surface area contributed by atoms with E-state index in [1.807, 2.05) is 6.07 Å². The first-order chi connectivity index (χ1) is 18.5. The lowest BCUT2D eigenvalue weighted by molar-refractivity contribution is -0.121. The average Bonchev–Trinajstić information content (AvgIpc) is 2.89. The molecule has 2 aromatic carbocycles. The number of carbonyl (C=O) groups is 3. The van der Waals surface area contributed by atoms with Crippen LogP contribution in [0.5, 0.6) is 5.75 Å². The molecule has 0 saturated heterocycles. The molecule has 0 saturated carbocycles. The summed E-state index contributed by atoms with van der Waals surface area (Å²) >= 11 is 0. The highest BCUT2D eigenvalue weighted by Gasteiger charge is 2.55. The Balaban J connectivity index is 1.64. The van der Waals surface area contributed by atoms with Gasteiger partial charge in [0.25, 0.3) is 5.91 Å². The highest BCUT2D eigenvalue weighted by atomic mass is 16.3. The van der Waals surface area contributed by atoms with Crippen molar-refractivity contribution < 1.29 is 29.7 Å². The average molecular weight is 530 g/mol. The van der Waals surface area contributed by atoms with Crippen LogP contribution in [-0.4, -0.2) is 51.5 Å². The summed E-state index contributed by atoms with van der Waals surface area (Å²) in [5.41, 5.74) is 12.1. The molecule has 2 aromatic rings. The highest BCUT2D eigenvalue weighted by molar-refractivity contribution is 6.15. The molecule has 0 aliphatic heterocycles. The standard InChI is InChI=1S/C30H31N3O6/c1-14-24-18(11-19-13-23(35)25(15(2)32)28(37)30(14,19)39)12-21-20(6-7-22(34)26(21)27(24)36)16-4-3-5-17(10-16)29(38)33-9-8-31/h3-7,10,18-19,34,37,39H,2,8-9,11-13,31-32H2,1H3,(H,33,38)/t18?,19-,30+/m0/s1. The maximum absolute atomic E-state index is 14.0. The van der Waals surface area contributed by atoms with Gasteiger partial charge in [-0.2, -0.15) is 0 Å². The number of aromatic hydroxyl groups is 1. The fraction of sp³-hybridized carbons (Fsp3) is 0.300. The van der Waals surface area contributed by atoms with E-state index in [1.54, 1.807) is 31.2 Å². The molecule has 3 atom stereocenters. The second-order valence-corrected chi connectivity index (χ2v) is 10.5. The first-order valence-electron chi connectivity index (χ1n) is 12.8. The monoisotopic (exact) mass is 529 g/mol. The number of hydrogen-bond acceptors (Lipinski definition) is 8. The van der Waals surface area contributed by atoms with Gasteiger partial charge in [-0.05, 0) is 66.1 Å². The molecule has 1 amide bonds. The lowest BCUT2D eigenvalue weighted by Crippen LogP contribution is -2.52. The van der Waals surface area contributed by atoms with Gasteiger partial charge in [-0.25, -0.2) is 0 Å². The molecule has 9 nitrogen and oxygen atoms in total. The van der Waals surface area contributed by atoms with Crippen LogP contribution in [0.1, 0.15) is 46.0 Å². The minimum Gasteiger partial charge on any atom is -0.508 e. The number of Topliss-reactive ketones (excluding diaryl/α,β-unsaturated/α-hetero) is 2. The number of amides is 1. The van der Waals surface area contributed by atoms with E-state index in [0.717, 1.165) is 0 Å². The molecule has 0 radical (unpaired) electrons. The molecule has 0 fully saturated rings. The Kier molecular flexibility index (Phi) is 6.44. The highest BCUT2D eigenvalue weighted by Crippen LogP contribution is 2.54. The summed E-state index contributed by atoms with van der Waals surface area (Å²) in [5.74, 6) is -2.91. The quantitative estimate of drug-likeness (QED) is 0.342. The maximum atomic E-state index is 14.0. The van der Waals surface area contributed by atoms with Gasteiger partial charge in [0.1, 0.15) is 17.1 Å². The summed E-state index contributed by atoms with van der Waals surface area (Å²) in [6, 6.07) is 10.1. The molecule has 0 spiro atoms. The van der Waals surface area contributed by atoms with E-state index in [-0.39, 0.29) is 52.8 Å². The van der Waals surface area contributed by atoms with Crippen LogP contribution in [0, 0.1) is 11.8 Å². The van der Waals surface area contributed by atoms with Crippen LogP contribution in [0.4, 0.5) is 0 Å². The number of carbonyl (C=O) groups excluding carboxylic acids is 3. The summed E-state index contributed by atoms with van der Waals surface area (Å²) in [5, 5.41) is 36.3. The number of aliphatic hydroxyl groups excluding tert-OH is 1. The van der Waals surface area contributed by atoms with Crippen LogP contribution < -0.4 is 16.8 Å². The number of benzene rings is 2. The van der Waals surface area contributed by atoms with Gasteiger partial charge in [-0.15, -0.1) is 0 Å². The number of allylic oxidation sites excluding steroid dienone is 2. The van der Waals surface area contributed by atoms with Crippen molar-refractivity contribution in [2.75, 3.05) is 13.1 Å². The molecule has 202 valence electrons. The molecular formula is C30H31N3O6. The van der Waals surface area contributed by atoms with E-state index < -0.39 is 28.8 Å². The van der Waals surface area contributed by atoms with Crippen molar-refractivity contribution in [3.05, 3.63) is 87.8 Å². The fourth-order valence-corrected chi connectivity index (χ4v) is 6.44. The number of phenolic OH excluding ortho intramolecular Hbond substituents is 1. The van der Waals surface area contributed by atoms with Crippen LogP contribution in [0.3, 0.4) is 0 Å². The molecule has 9 heteroatoms. The predicted octanol–water partition coefficient (Wildman–Crippen LogP) is 2.43. The summed E-state index contributed by atoms with van der Waals surface area (Å²) in [4.78, 5) is 39.3.